The second-order valence-corrected chi connectivity index (χ2v) is 6.21. The molecule has 0 spiro atoms. The molecule has 2 rings (SSSR count). The van der Waals surface area contributed by atoms with E-state index in [2.05, 4.69) is 22.9 Å². The van der Waals surface area contributed by atoms with E-state index in [0.29, 0.717) is 10.8 Å². The molecule has 1 aromatic rings. The van der Waals surface area contributed by atoms with Crippen molar-refractivity contribution in [2.75, 3.05) is 13.1 Å². The zero-order chi connectivity index (χ0) is 14.5. The quantitative estimate of drug-likeness (QED) is 0.775. The first-order valence-corrected chi connectivity index (χ1v) is 7.81. The van der Waals surface area contributed by atoms with Crippen LogP contribution in [0.1, 0.15) is 29.9 Å². The van der Waals surface area contributed by atoms with Gasteiger partial charge in [0, 0.05) is 6.04 Å². The van der Waals surface area contributed by atoms with Crippen LogP contribution in [0.15, 0.2) is 17.5 Å². The van der Waals surface area contributed by atoms with Crippen LogP contribution in [0, 0.1) is 5.92 Å². The largest absolute Gasteiger partial charge is 0.351 e. The molecule has 2 amide bonds. The Morgan fingerprint density at radius 3 is 2.95 bits per heavy atom. The van der Waals surface area contributed by atoms with E-state index in [4.69, 9.17) is 0 Å². The molecule has 1 aromatic heterocycles. The van der Waals surface area contributed by atoms with Gasteiger partial charge in [0.1, 0.15) is 6.04 Å². The number of thiophene rings is 1. The Balaban J connectivity index is 1.84. The Morgan fingerprint density at radius 1 is 1.50 bits per heavy atom. The van der Waals surface area contributed by atoms with Crippen LogP contribution in [-0.4, -0.2) is 37.0 Å². The minimum absolute atomic E-state index is 0.117. The van der Waals surface area contributed by atoms with Crippen LogP contribution in [-0.2, 0) is 4.79 Å². The van der Waals surface area contributed by atoms with Crippen molar-refractivity contribution in [1.82, 2.24) is 16.0 Å². The molecule has 3 atom stereocenters. The lowest BCUT2D eigenvalue weighted by molar-refractivity contribution is -0.123. The maximum absolute atomic E-state index is 12.1. The van der Waals surface area contributed by atoms with E-state index in [1.165, 1.54) is 11.3 Å². The molecule has 3 N–H and O–H groups in total. The van der Waals surface area contributed by atoms with E-state index >= 15 is 0 Å². The number of amides is 2. The summed E-state index contributed by atoms with van der Waals surface area (Å²) in [5.41, 5.74) is 0. The summed E-state index contributed by atoms with van der Waals surface area (Å²) in [6, 6.07) is 3.23. The van der Waals surface area contributed by atoms with E-state index in [1.807, 2.05) is 11.4 Å². The van der Waals surface area contributed by atoms with Crippen LogP contribution in [0.5, 0.6) is 0 Å². The van der Waals surface area contributed by atoms with E-state index in [9.17, 15) is 9.59 Å². The summed E-state index contributed by atoms with van der Waals surface area (Å²) in [6.07, 6.45) is 0.929. The molecule has 0 saturated carbocycles. The number of carbonyl (C=O) groups excluding carboxylic acids is 2. The molecule has 1 saturated heterocycles. The number of hydrogen-bond donors (Lipinski definition) is 3. The summed E-state index contributed by atoms with van der Waals surface area (Å²) in [4.78, 5) is 24.6. The molecule has 0 radical (unpaired) electrons. The van der Waals surface area contributed by atoms with Crippen LogP contribution in [0.2, 0.25) is 0 Å². The number of hydrogen-bond acceptors (Lipinski definition) is 4. The van der Waals surface area contributed by atoms with Crippen molar-refractivity contribution in [2.45, 2.75) is 32.4 Å². The zero-order valence-corrected chi connectivity index (χ0v) is 12.6. The van der Waals surface area contributed by atoms with Crippen LogP contribution < -0.4 is 16.0 Å². The van der Waals surface area contributed by atoms with Crippen LogP contribution >= 0.6 is 11.3 Å². The van der Waals surface area contributed by atoms with E-state index in [0.717, 1.165) is 19.5 Å². The van der Waals surface area contributed by atoms with Gasteiger partial charge in [-0.2, -0.15) is 0 Å². The molecular weight excluding hydrogens is 274 g/mol. The topological polar surface area (TPSA) is 70.2 Å². The second kappa shape index (κ2) is 6.85. The Kier molecular flexibility index (Phi) is 5.14. The molecule has 5 nitrogen and oxygen atoms in total. The van der Waals surface area contributed by atoms with Gasteiger partial charge in [-0.15, -0.1) is 11.3 Å². The minimum Gasteiger partial charge on any atom is -0.351 e. The molecule has 0 bridgehead atoms. The standard InChI is InChI=1S/C14H21N3O2S/c1-9-8-15-6-5-11(9)17-13(18)10(2)16-14(19)12-4-3-7-20-12/h3-4,7,9-11,15H,5-6,8H2,1-2H3,(H,16,19)(H,17,18). The van der Waals surface area contributed by atoms with Gasteiger partial charge >= 0.3 is 0 Å². The highest BCUT2D eigenvalue weighted by Crippen LogP contribution is 2.11. The third kappa shape index (κ3) is 3.80. The number of carbonyl (C=O) groups is 2. The fourth-order valence-corrected chi connectivity index (χ4v) is 2.90. The molecule has 0 aromatic carbocycles. The van der Waals surface area contributed by atoms with Gasteiger partial charge in [0.15, 0.2) is 0 Å². The summed E-state index contributed by atoms with van der Waals surface area (Å²) in [6.45, 7) is 5.67. The molecule has 1 aliphatic heterocycles. The summed E-state index contributed by atoms with van der Waals surface area (Å²) < 4.78 is 0. The highest BCUT2D eigenvalue weighted by molar-refractivity contribution is 7.12. The maximum Gasteiger partial charge on any atom is 0.261 e. The molecule has 1 aliphatic rings. The molecule has 110 valence electrons. The minimum atomic E-state index is -0.522. The lowest BCUT2D eigenvalue weighted by Crippen LogP contribution is -2.53. The predicted octanol–water partition coefficient (Wildman–Crippen LogP) is 0.981. The normalized spacial score (nSPS) is 23.9. The molecule has 20 heavy (non-hydrogen) atoms. The first kappa shape index (κ1) is 15.0. The van der Waals surface area contributed by atoms with Crippen molar-refractivity contribution < 1.29 is 9.59 Å². The lowest BCUT2D eigenvalue weighted by atomic mass is 9.95. The van der Waals surface area contributed by atoms with Crippen molar-refractivity contribution in [3.63, 3.8) is 0 Å². The summed E-state index contributed by atoms with van der Waals surface area (Å²) in [5, 5.41) is 10.9. The first-order chi connectivity index (χ1) is 9.58. The van der Waals surface area contributed by atoms with Crippen molar-refractivity contribution in [2.24, 2.45) is 5.92 Å². The fraction of sp³-hybridized carbons (Fsp3) is 0.571. The number of piperidine rings is 1. The monoisotopic (exact) mass is 295 g/mol. The average molecular weight is 295 g/mol. The van der Waals surface area contributed by atoms with Gasteiger partial charge in [-0.05, 0) is 43.8 Å². The van der Waals surface area contributed by atoms with Crippen molar-refractivity contribution in [3.8, 4) is 0 Å². The van der Waals surface area contributed by atoms with Gasteiger partial charge in [0.2, 0.25) is 5.91 Å². The molecular formula is C14H21N3O2S. The lowest BCUT2D eigenvalue weighted by Gasteiger charge is -2.31. The fourth-order valence-electron chi connectivity index (χ4n) is 2.28. The summed E-state index contributed by atoms with van der Waals surface area (Å²) in [7, 11) is 0. The Labute approximate surface area is 123 Å². The number of nitrogens with one attached hydrogen (secondary N) is 3. The summed E-state index contributed by atoms with van der Waals surface area (Å²) in [5.74, 6) is 0.0996. The Hall–Kier alpha value is -1.40. The Morgan fingerprint density at radius 2 is 2.30 bits per heavy atom. The molecule has 6 heteroatoms. The average Bonchev–Trinajstić information content (AvgIpc) is 2.95. The zero-order valence-electron chi connectivity index (χ0n) is 11.8. The van der Waals surface area contributed by atoms with Crippen molar-refractivity contribution >= 4 is 23.2 Å². The molecule has 3 unspecified atom stereocenters. The van der Waals surface area contributed by atoms with Gasteiger partial charge in [0.25, 0.3) is 5.91 Å². The van der Waals surface area contributed by atoms with E-state index in [-0.39, 0.29) is 17.9 Å². The van der Waals surface area contributed by atoms with E-state index < -0.39 is 6.04 Å². The smallest absolute Gasteiger partial charge is 0.261 e. The van der Waals surface area contributed by atoms with Gasteiger partial charge in [-0.3, -0.25) is 9.59 Å². The molecule has 1 fully saturated rings. The van der Waals surface area contributed by atoms with Crippen LogP contribution in [0.3, 0.4) is 0 Å². The highest BCUT2D eigenvalue weighted by Gasteiger charge is 2.25. The van der Waals surface area contributed by atoms with Gasteiger partial charge < -0.3 is 16.0 Å². The van der Waals surface area contributed by atoms with E-state index in [1.54, 1.807) is 13.0 Å². The number of rotatable bonds is 4. The predicted molar refractivity (Wildman–Crippen MR) is 79.8 cm³/mol. The molecule has 0 aliphatic carbocycles. The SMILES string of the molecule is CC(NC(=O)c1cccs1)C(=O)NC1CCNCC1C. The second-order valence-electron chi connectivity index (χ2n) is 5.26. The van der Waals surface area contributed by atoms with Crippen molar-refractivity contribution in [3.05, 3.63) is 22.4 Å². The Bertz CT molecular complexity index is 461. The van der Waals surface area contributed by atoms with Crippen LogP contribution in [0.4, 0.5) is 0 Å². The van der Waals surface area contributed by atoms with Gasteiger partial charge in [-0.25, -0.2) is 0 Å². The van der Waals surface area contributed by atoms with Gasteiger partial charge in [0.05, 0.1) is 4.88 Å². The highest BCUT2D eigenvalue weighted by atomic mass is 32.1. The van der Waals surface area contributed by atoms with Crippen LogP contribution in [0.25, 0.3) is 0 Å². The maximum atomic E-state index is 12.1. The third-order valence-electron chi connectivity index (χ3n) is 3.60. The van der Waals surface area contributed by atoms with Crippen molar-refractivity contribution in [1.29, 1.82) is 0 Å². The third-order valence-corrected chi connectivity index (χ3v) is 4.47. The van der Waals surface area contributed by atoms with Gasteiger partial charge in [-0.1, -0.05) is 13.0 Å². The molecule has 2 heterocycles. The summed E-state index contributed by atoms with van der Waals surface area (Å²) >= 11 is 1.37. The first-order valence-electron chi connectivity index (χ1n) is 6.93.